The highest BCUT2D eigenvalue weighted by atomic mass is 32.2. The van der Waals surface area contributed by atoms with E-state index in [2.05, 4.69) is 4.74 Å². The third-order valence-electron chi connectivity index (χ3n) is 2.21. The predicted molar refractivity (Wildman–Crippen MR) is 57.9 cm³/mol. The molecule has 0 saturated heterocycles. The molecule has 114 valence electrons. The predicted octanol–water partition coefficient (Wildman–Crippen LogP) is 1.70. The summed E-state index contributed by atoms with van der Waals surface area (Å²) in [4.78, 5) is -1.92. The van der Waals surface area contributed by atoms with Crippen molar-refractivity contribution in [1.29, 1.82) is 0 Å². The van der Waals surface area contributed by atoms with Gasteiger partial charge < -0.3 is 4.74 Å². The summed E-state index contributed by atoms with van der Waals surface area (Å²) in [5.41, 5.74) is 0. The summed E-state index contributed by atoms with van der Waals surface area (Å²) in [6.07, 6.45) is 0. The molecule has 0 saturated carbocycles. The van der Waals surface area contributed by atoms with Gasteiger partial charge in [0.05, 0.1) is 6.61 Å². The van der Waals surface area contributed by atoms with E-state index in [1.807, 2.05) is 0 Å². The molecule has 0 aromatic heterocycles. The van der Waals surface area contributed by atoms with Gasteiger partial charge in [-0.15, -0.1) is 0 Å². The molecule has 4 nitrogen and oxygen atoms in total. The zero-order valence-corrected chi connectivity index (χ0v) is 11.1. The summed E-state index contributed by atoms with van der Waals surface area (Å²) in [5.74, 6) is -11.9. The lowest BCUT2D eigenvalue weighted by Crippen LogP contribution is -2.37. The molecule has 0 spiro atoms. The van der Waals surface area contributed by atoms with E-state index in [-0.39, 0.29) is 6.61 Å². The Kier molecular flexibility index (Phi) is 5.05. The lowest BCUT2D eigenvalue weighted by Gasteiger charge is -2.14. The fourth-order valence-electron chi connectivity index (χ4n) is 1.43. The van der Waals surface area contributed by atoms with E-state index < -0.39 is 50.0 Å². The molecule has 1 atom stereocenters. The van der Waals surface area contributed by atoms with E-state index in [0.29, 0.717) is 0 Å². The number of rotatable bonds is 5. The van der Waals surface area contributed by atoms with Gasteiger partial charge in [-0.05, 0) is 6.92 Å². The second-order valence-electron chi connectivity index (χ2n) is 3.88. The molecule has 0 aliphatic heterocycles. The fraction of sp³-hybridized carbons (Fsp3) is 0.400. The van der Waals surface area contributed by atoms with E-state index in [9.17, 15) is 30.4 Å². The summed E-state index contributed by atoms with van der Waals surface area (Å²) in [6.45, 7) is 1.13. The Bertz CT molecular complexity index is 591. The van der Waals surface area contributed by atoms with Gasteiger partial charge >= 0.3 is 0 Å². The van der Waals surface area contributed by atoms with Gasteiger partial charge in [-0.2, -0.15) is 0 Å². The first kappa shape index (κ1) is 16.8. The van der Waals surface area contributed by atoms with Crippen LogP contribution in [0.5, 0.6) is 0 Å². The second-order valence-corrected chi connectivity index (χ2v) is 5.53. The van der Waals surface area contributed by atoms with Crippen molar-refractivity contribution in [3.8, 4) is 0 Å². The minimum absolute atomic E-state index is 0.158. The van der Waals surface area contributed by atoms with Crippen LogP contribution in [0.2, 0.25) is 0 Å². The topological polar surface area (TPSA) is 55.4 Å². The molecular formula is C10H10F5NO3S. The minimum Gasteiger partial charge on any atom is -0.383 e. The Morgan fingerprint density at radius 2 is 1.40 bits per heavy atom. The maximum atomic E-state index is 13.4. The van der Waals surface area contributed by atoms with Crippen molar-refractivity contribution in [2.24, 2.45) is 0 Å². The molecule has 1 unspecified atom stereocenters. The number of nitrogens with one attached hydrogen (secondary N) is 1. The highest BCUT2D eigenvalue weighted by Crippen LogP contribution is 2.26. The minimum atomic E-state index is -4.93. The third-order valence-corrected chi connectivity index (χ3v) is 3.82. The average molecular weight is 319 g/mol. The smallest absolute Gasteiger partial charge is 0.246 e. The molecule has 1 N–H and O–H groups in total. The zero-order chi connectivity index (χ0) is 15.7. The highest BCUT2D eigenvalue weighted by Gasteiger charge is 2.34. The van der Waals surface area contributed by atoms with Crippen molar-refractivity contribution in [1.82, 2.24) is 4.72 Å². The van der Waals surface area contributed by atoms with Gasteiger partial charge in [0.2, 0.25) is 15.8 Å². The molecule has 1 rings (SSSR count). The molecule has 0 bridgehead atoms. The maximum Gasteiger partial charge on any atom is 0.246 e. The fourth-order valence-corrected chi connectivity index (χ4v) is 2.80. The van der Waals surface area contributed by atoms with Crippen LogP contribution in [0.1, 0.15) is 6.92 Å². The number of halogens is 5. The number of hydrogen-bond acceptors (Lipinski definition) is 3. The van der Waals surface area contributed by atoms with Crippen LogP contribution in [0.15, 0.2) is 4.90 Å². The highest BCUT2D eigenvalue weighted by molar-refractivity contribution is 7.89. The van der Waals surface area contributed by atoms with E-state index in [1.54, 1.807) is 4.72 Å². The van der Waals surface area contributed by atoms with Crippen LogP contribution in [-0.4, -0.2) is 28.2 Å². The quantitative estimate of drug-likeness (QED) is 0.510. The van der Waals surface area contributed by atoms with Crippen molar-refractivity contribution < 1.29 is 35.1 Å². The van der Waals surface area contributed by atoms with Crippen LogP contribution in [0.4, 0.5) is 22.0 Å². The molecule has 0 radical (unpaired) electrons. The summed E-state index contributed by atoms with van der Waals surface area (Å²) in [5, 5.41) is 0. The Balaban J connectivity index is 3.40. The standard InChI is InChI=1S/C10H10F5NO3S/c1-4(3-19-2)16-20(17,18)10-8(14)6(12)5(11)7(13)9(10)15/h4,16H,3H2,1-2H3. The number of sulfonamides is 1. The van der Waals surface area contributed by atoms with Crippen LogP contribution in [0.25, 0.3) is 0 Å². The molecule has 20 heavy (non-hydrogen) atoms. The molecule has 1 aromatic carbocycles. The van der Waals surface area contributed by atoms with Crippen molar-refractivity contribution in [2.75, 3.05) is 13.7 Å². The lowest BCUT2D eigenvalue weighted by atomic mass is 10.3. The molecule has 0 heterocycles. The van der Waals surface area contributed by atoms with Gasteiger partial charge in [0, 0.05) is 13.2 Å². The Labute approximate surface area is 111 Å². The van der Waals surface area contributed by atoms with E-state index in [1.165, 1.54) is 14.0 Å². The van der Waals surface area contributed by atoms with Crippen LogP contribution >= 0.6 is 0 Å². The maximum absolute atomic E-state index is 13.4. The number of ether oxygens (including phenoxy) is 1. The zero-order valence-electron chi connectivity index (χ0n) is 10.3. The summed E-state index contributed by atoms with van der Waals surface area (Å²) >= 11 is 0. The Morgan fingerprint density at radius 3 is 1.80 bits per heavy atom. The molecule has 1 aromatic rings. The van der Waals surface area contributed by atoms with Crippen molar-refractivity contribution >= 4 is 10.0 Å². The number of hydrogen-bond donors (Lipinski definition) is 1. The Morgan fingerprint density at radius 1 is 1.00 bits per heavy atom. The van der Waals surface area contributed by atoms with Crippen molar-refractivity contribution in [3.05, 3.63) is 29.1 Å². The average Bonchev–Trinajstić information content (AvgIpc) is 2.33. The van der Waals surface area contributed by atoms with Gasteiger partial charge in [0.25, 0.3) is 0 Å². The summed E-state index contributed by atoms with van der Waals surface area (Å²) < 4.78 is 95.1. The monoisotopic (exact) mass is 319 g/mol. The lowest BCUT2D eigenvalue weighted by molar-refractivity contribution is 0.180. The van der Waals surface area contributed by atoms with Crippen molar-refractivity contribution in [2.45, 2.75) is 17.9 Å². The van der Waals surface area contributed by atoms with Crippen LogP contribution in [0, 0.1) is 29.1 Å². The number of methoxy groups -OCH3 is 1. The van der Waals surface area contributed by atoms with Gasteiger partial charge in [0.15, 0.2) is 28.2 Å². The van der Waals surface area contributed by atoms with Gasteiger partial charge in [0.1, 0.15) is 0 Å². The Hall–Kier alpha value is -1.26. The van der Waals surface area contributed by atoms with Gasteiger partial charge in [-0.25, -0.2) is 35.1 Å². The molecule has 0 amide bonds. The number of benzene rings is 1. The van der Waals surface area contributed by atoms with E-state index in [0.717, 1.165) is 0 Å². The van der Waals surface area contributed by atoms with Crippen LogP contribution < -0.4 is 4.72 Å². The van der Waals surface area contributed by atoms with Gasteiger partial charge in [-0.1, -0.05) is 0 Å². The normalized spacial score (nSPS) is 13.6. The summed E-state index contributed by atoms with van der Waals surface area (Å²) in [6, 6.07) is -0.931. The largest absolute Gasteiger partial charge is 0.383 e. The molecule has 0 aliphatic carbocycles. The first-order chi connectivity index (χ1) is 9.13. The second kappa shape index (κ2) is 6.02. The first-order valence-electron chi connectivity index (χ1n) is 5.16. The van der Waals surface area contributed by atoms with E-state index >= 15 is 0 Å². The SMILES string of the molecule is COCC(C)NS(=O)(=O)c1c(F)c(F)c(F)c(F)c1F. The van der Waals surface area contributed by atoms with E-state index in [4.69, 9.17) is 0 Å². The molecule has 0 fully saturated rings. The third kappa shape index (κ3) is 3.07. The van der Waals surface area contributed by atoms with Crippen molar-refractivity contribution in [3.63, 3.8) is 0 Å². The van der Waals surface area contributed by atoms with Gasteiger partial charge in [-0.3, -0.25) is 0 Å². The molecular weight excluding hydrogens is 309 g/mol. The summed E-state index contributed by atoms with van der Waals surface area (Å²) in [7, 11) is -3.69. The first-order valence-corrected chi connectivity index (χ1v) is 6.64. The molecule has 0 aliphatic rings. The van der Waals surface area contributed by atoms with Crippen LogP contribution in [-0.2, 0) is 14.8 Å². The van der Waals surface area contributed by atoms with Crippen LogP contribution in [0.3, 0.4) is 0 Å². The molecule has 10 heteroatoms.